The molecule has 37 heavy (non-hydrogen) atoms. The quantitative estimate of drug-likeness (QED) is 0.611. The number of nitrogens with one attached hydrogen (secondary N) is 1. The molecule has 4 amide bonds. The Bertz CT molecular complexity index is 1150. The van der Waals surface area contributed by atoms with Gasteiger partial charge < -0.3 is 25.0 Å². The summed E-state index contributed by atoms with van der Waals surface area (Å²) in [6.07, 6.45) is -1.76. The number of ether oxygens (including phenoxy) is 1. The third-order valence-corrected chi connectivity index (χ3v) is 6.46. The molecule has 2 unspecified atom stereocenters. The monoisotopic (exact) mass is 512 g/mol. The molecule has 2 fully saturated rings. The number of benzene rings is 2. The molecule has 2 aliphatic rings. The van der Waals surface area contributed by atoms with E-state index in [0.29, 0.717) is 37.4 Å². The van der Waals surface area contributed by atoms with E-state index in [4.69, 9.17) is 4.74 Å². The molecule has 0 radical (unpaired) electrons. The smallest absolute Gasteiger partial charge is 0.322 e. The van der Waals surface area contributed by atoms with E-state index in [0.717, 1.165) is 5.56 Å². The van der Waals surface area contributed by atoms with Gasteiger partial charge in [-0.15, -0.1) is 0 Å². The Morgan fingerprint density at radius 2 is 1.59 bits per heavy atom. The summed E-state index contributed by atoms with van der Waals surface area (Å²) in [6.45, 7) is 3.59. The number of hydrogen-bond donors (Lipinski definition) is 2. The molecule has 0 spiro atoms. The molecule has 0 aliphatic carbocycles. The van der Waals surface area contributed by atoms with E-state index in [1.807, 2.05) is 6.92 Å². The van der Waals surface area contributed by atoms with Crippen LogP contribution in [-0.4, -0.2) is 89.2 Å². The lowest BCUT2D eigenvalue weighted by Gasteiger charge is -2.35. The van der Waals surface area contributed by atoms with Crippen LogP contribution in [0, 0.1) is 12.7 Å². The highest BCUT2D eigenvalue weighted by Crippen LogP contribution is 2.24. The standard InChI is InChI=1S/C26H29FN4O6/c1-17-2-4-19(5-3-17)25(35)30-10-11-31(26(36)29-12-14-37-15-13-29)24(30)23(34)28-21(16-22(32)33)18-6-8-20(27)9-7-18/h2-9,21,24H,10-16H2,1H3,(H,28,34)(H,32,33). The van der Waals surface area contributed by atoms with Gasteiger partial charge >= 0.3 is 12.0 Å². The number of carboxylic acid groups (broad SMARTS) is 1. The maximum absolute atomic E-state index is 13.7. The largest absolute Gasteiger partial charge is 0.481 e. The first-order valence-electron chi connectivity index (χ1n) is 12.0. The summed E-state index contributed by atoms with van der Waals surface area (Å²) >= 11 is 0. The molecule has 4 rings (SSSR count). The molecule has 2 aliphatic heterocycles. The number of carbonyl (C=O) groups excluding carboxylic acids is 3. The molecule has 2 saturated heterocycles. The van der Waals surface area contributed by atoms with Crippen molar-refractivity contribution in [2.24, 2.45) is 0 Å². The lowest BCUT2D eigenvalue weighted by molar-refractivity contribution is -0.138. The fraction of sp³-hybridized carbons (Fsp3) is 0.385. The van der Waals surface area contributed by atoms with Crippen molar-refractivity contribution >= 4 is 23.8 Å². The minimum absolute atomic E-state index is 0.126. The molecular weight excluding hydrogens is 483 g/mol. The van der Waals surface area contributed by atoms with Gasteiger partial charge in [0, 0.05) is 31.7 Å². The molecule has 2 atom stereocenters. The highest BCUT2D eigenvalue weighted by Gasteiger charge is 2.45. The maximum atomic E-state index is 13.7. The van der Waals surface area contributed by atoms with Crippen LogP contribution in [0.1, 0.15) is 33.9 Å². The minimum Gasteiger partial charge on any atom is -0.481 e. The van der Waals surface area contributed by atoms with E-state index in [9.17, 15) is 28.7 Å². The topological polar surface area (TPSA) is 119 Å². The fourth-order valence-corrected chi connectivity index (χ4v) is 4.49. The Labute approximate surface area is 213 Å². The Balaban J connectivity index is 1.63. The van der Waals surface area contributed by atoms with Crippen molar-refractivity contribution in [1.29, 1.82) is 0 Å². The van der Waals surface area contributed by atoms with Gasteiger partial charge in [-0.25, -0.2) is 9.18 Å². The van der Waals surface area contributed by atoms with Crippen molar-refractivity contribution in [3.63, 3.8) is 0 Å². The van der Waals surface area contributed by atoms with Crippen molar-refractivity contribution in [1.82, 2.24) is 20.0 Å². The van der Waals surface area contributed by atoms with Crippen molar-refractivity contribution < 1.29 is 33.4 Å². The van der Waals surface area contributed by atoms with Crippen molar-refractivity contribution in [2.75, 3.05) is 39.4 Å². The predicted molar refractivity (Wildman–Crippen MR) is 130 cm³/mol. The Kier molecular flexibility index (Phi) is 8.02. The molecular formula is C26H29FN4O6. The van der Waals surface area contributed by atoms with Crippen LogP contribution in [0.4, 0.5) is 9.18 Å². The highest BCUT2D eigenvalue weighted by molar-refractivity contribution is 5.99. The highest BCUT2D eigenvalue weighted by atomic mass is 19.1. The van der Waals surface area contributed by atoms with Crippen molar-refractivity contribution in [3.8, 4) is 0 Å². The molecule has 2 aromatic rings. The minimum atomic E-state index is -1.29. The third kappa shape index (κ3) is 6.05. The van der Waals surface area contributed by atoms with E-state index < -0.39 is 48.3 Å². The summed E-state index contributed by atoms with van der Waals surface area (Å²) < 4.78 is 18.8. The van der Waals surface area contributed by atoms with Gasteiger partial charge in [0.05, 0.1) is 25.7 Å². The molecule has 196 valence electrons. The SMILES string of the molecule is Cc1ccc(C(=O)N2CCN(C(=O)N3CCOCC3)C2C(=O)NC(CC(=O)O)c2ccc(F)cc2)cc1. The lowest BCUT2D eigenvalue weighted by Crippen LogP contribution is -2.57. The van der Waals surface area contributed by atoms with Gasteiger partial charge in [0.15, 0.2) is 6.17 Å². The second kappa shape index (κ2) is 11.4. The molecule has 2 N–H and O–H groups in total. The number of aryl methyl sites for hydroxylation is 1. The van der Waals surface area contributed by atoms with Crippen molar-refractivity contribution in [3.05, 3.63) is 71.0 Å². The second-order valence-electron chi connectivity index (χ2n) is 9.02. The number of rotatable bonds is 6. The zero-order valence-corrected chi connectivity index (χ0v) is 20.4. The van der Waals surface area contributed by atoms with Gasteiger partial charge in [0.2, 0.25) is 0 Å². The number of nitrogens with zero attached hydrogens (tertiary/aromatic N) is 3. The van der Waals surface area contributed by atoms with Crippen LogP contribution >= 0.6 is 0 Å². The van der Waals surface area contributed by atoms with Gasteiger partial charge in [-0.3, -0.25) is 19.3 Å². The van der Waals surface area contributed by atoms with E-state index in [1.165, 1.54) is 34.1 Å². The predicted octanol–water partition coefficient (Wildman–Crippen LogP) is 2.00. The van der Waals surface area contributed by atoms with E-state index in [-0.39, 0.29) is 13.1 Å². The number of amides is 4. The van der Waals surface area contributed by atoms with Crippen LogP contribution in [0.15, 0.2) is 48.5 Å². The number of halogens is 1. The fourth-order valence-electron chi connectivity index (χ4n) is 4.49. The second-order valence-corrected chi connectivity index (χ2v) is 9.02. The first-order chi connectivity index (χ1) is 17.7. The summed E-state index contributed by atoms with van der Waals surface area (Å²) in [6, 6.07) is 10.6. The van der Waals surface area contributed by atoms with E-state index >= 15 is 0 Å². The summed E-state index contributed by atoms with van der Waals surface area (Å²) in [5.74, 6) is -2.80. The van der Waals surface area contributed by atoms with Crippen LogP contribution in [0.5, 0.6) is 0 Å². The Morgan fingerprint density at radius 1 is 0.973 bits per heavy atom. The summed E-state index contributed by atoms with van der Waals surface area (Å²) in [4.78, 5) is 56.2. The zero-order chi connectivity index (χ0) is 26.5. The van der Waals surface area contributed by atoms with Crippen LogP contribution in [0.2, 0.25) is 0 Å². The van der Waals surface area contributed by atoms with Crippen LogP contribution in [-0.2, 0) is 14.3 Å². The third-order valence-electron chi connectivity index (χ3n) is 6.46. The molecule has 0 bridgehead atoms. The number of hydrogen-bond acceptors (Lipinski definition) is 5. The Hall–Kier alpha value is -3.99. The molecule has 11 heteroatoms. The Morgan fingerprint density at radius 3 is 2.22 bits per heavy atom. The van der Waals surface area contributed by atoms with Crippen molar-refractivity contribution in [2.45, 2.75) is 25.6 Å². The number of carboxylic acids is 1. The summed E-state index contributed by atoms with van der Waals surface area (Å²) in [5.41, 5.74) is 1.72. The normalized spacial score (nSPS) is 18.4. The van der Waals surface area contributed by atoms with Gasteiger partial charge in [0.1, 0.15) is 5.82 Å². The van der Waals surface area contributed by atoms with E-state index in [2.05, 4.69) is 5.32 Å². The maximum Gasteiger partial charge on any atom is 0.322 e. The lowest BCUT2D eigenvalue weighted by atomic mass is 10.0. The molecule has 2 heterocycles. The summed E-state index contributed by atoms with van der Waals surface area (Å²) in [5, 5.41) is 12.1. The number of urea groups is 1. The first kappa shape index (κ1) is 26.1. The molecule has 0 aromatic heterocycles. The number of morpholine rings is 1. The van der Waals surface area contributed by atoms with E-state index in [1.54, 1.807) is 29.2 Å². The van der Waals surface area contributed by atoms with Gasteiger partial charge in [-0.2, -0.15) is 0 Å². The molecule has 0 saturated carbocycles. The summed E-state index contributed by atoms with van der Waals surface area (Å²) in [7, 11) is 0. The average molecular weight is 513 g/mol. The first-order valence-corrected chi connectivity index (χ1v) is 12.0. The average Bonchev–Trinajstić information content (AvgIpc) is 3.34. The van der Waals surface area contributed by atoms with Gasteiger partial charge in [0.25, 0.3) is 11.8 Å². The zero-order valence-electron chi connectivity index (χ0n) is 20.4. The van der Waals surface area contributed by atoms with Crippen LogP contribution < -0.4 is 5.32 Å². The number of aliphatic carboxylic acids is 1. The number of carbonyl (C=O) groups is 4. The van der Waals surface area contributed by atoms with Gasteiger partial charge in [-0.1, -0.05) is 29.8 Å². The van der Waals surface area contributed by atoms with Crippen LogP contribution in [0.3, 0.4) is 0 Å². The molecule has 10 nitrogen and oxygen atoms in total. The van der Waals surface area contributed by atoms with Gasteiger partial charge in [-0.05, 0) is 36.8 Å². The molecule has 2 aromatic carbocycles. The van der Waals surface area contributed by atoms with Crippen LogP contribution in [0.25, 0.3) is 0 Å².